The zero-order chi connectivity index (χ0) is 29.7. The number of nitrogens with one attached hydrogen (secondary N) is 1. The van der Waals surface area contributed by atoms with E-state index in [-0.39, 0.29) is 35.0 Å². The van der Waals surface area contributed by atoms with Crippen LogP contribution in [0.15, 0.2) is 48.7 Å². The van der Waals surface area contributed by atoms with Crippen LogP contribution in [0.1, 0.15) is 27.0 Å². The lowest BCUT2D eigenvalue weighted by Crippen LogP contribution is -2.45. The lowest BCUT2D eigenvalue weighted by Gasteiger charge is -2.32. The molecule has 0 unspecified atom stereocenters. The predicted molar refractivity (Wildman–Crippen MR) is 133 cm³/mol. The number of anilines is 1. The number of carbonyl (C=O) groups is 1. The number of rotatable bonds is 5. The van der Waals surface area contributed by atoms with E-state index in [1.54, 1.807) is 12.1 Å². The number of hydrogen-bond donors (Lipinski definition) is 2. The number of likely N-dealkylation sites (N-methyl/N-ethyl adjacent to an activating group) is 1. The summed E-state index contributed by atoms with van der Waals surface area (Å²) in [6, 6.07) is 7.54. The molecule has 1 aromatic heterocycles. The van der Waals surface area contributed by atoms with Gasteiger partial charge in [0.2, 0.25) is 5.95 Å². The molecule has 2 heterocycles. The van der Waals surface area contributed by atoms with Crippen molar-refractivity contribution in [3.05, 3.63) is 76.7 Å². The van der Waals surface area contributed by atoms with Gasteiger partial charge in [0.1, 0.15) is 11.4 Å². The topological polar surface area (TPSA) is 81.6 Å². The minimum atomic E-state index is -4.79. The average Bonchev–Trinajstić information content (AvgIpc) is 2.88. The lowest BCUT2D eigenvalue weighted by molar-refractivity contribution is -0.143. The van der Waals surface area contributed by atoms with Crippen LogP contribution < -0.4 is 10.2 Å². The molecule has 2 N–H and O–H groups in total. The molecule has 0 radical (unpaired) electrons. The van der Waals surface area contributed by atoms with E-state index in [1.807, 2.05) is 11.9 Å². The molecule has 0 saturated carbocycles. The van der Waals surface area contributed by atoms with Gasteiger partial charge in [0, 0.05) is 44.5 Å². The Hall–Kier alpha value is -3.78. The molecule has 0 spiro atoms. The van der Waals surface area contributed by atoms with Gasteiger partial charge in [-0.15, -0.1) is 0 Å². The first-order chi connectivity index (χ1) is 18.7. The molecule has 0 bridgehead atoms. The quantitative estimate of drug-likeness (QED) is 0.408. The molecule has 1 fully saturated rings. The van der Waals surface area contributed by atoms with Crippen LogP contribution in [0.4, 0.5) is 36.7 Å². The van der Waals surface area contributed by atoms with Crippen molar-refractivity contribution in [1.82, 2.24) is 20.2 Å². The second kappa shape index (κ2) is 12.6. The molecule has 7 nitrogen and oxygen atoms in total. The van der Waals surface area contributed by atoms with Gasteiger partial charge in [-0.1, -0.05) is 12.1 Å². The Balaban J connectivity index is 0.000000232. The second-order valence-corrected chi connectivity index (χ2v) is 8.95. The number of halogens is 7. The Kier molecular flexibility index (Phi) is 9.69. The van der Waals surface area contributed by atoms with Crippen LogP contribution in [0.2, 0.25) is 0 Å². The Bertz CT molecular complexity index is 1290. The van der Waals surface area contributed by atoms with Crippen molar-refractivity contribution in [1.29, 1.82) is 0 Å². The minimum absolute atomic E-state index is 0.0605. The van der Waals surface area contributed by atoms with Crippen molar-refractivity contribution >= 4 is 11.9 Å². The van der Waals surface area contributed by atoms with Crippen molar-refractivity contribution < 1.29 is 40.6 Å². The smallest absolute Gasteiger partial charge is 0.416 e. The van der Waals surface area contributed by atoms with Crippen LogP contribution in [-0.4, -0.2) is 66.2 Å². The van der Waals surface area contributed by atoms with Gasteiger partial charge in [0.05, 0.1) is 16.8 Å². The van der Waals surface area contributed by atoms with Gasteiger partial charge in [-0.2, -0.15) is 26.3 Å². The summed E-state index contributed by atoms with van der Waals surface area (Å²) in [5.74, 6) is -1.24. The maximum Gasteiger partial charge on any atom is 0.416 e. The van der Waals surface area contributed by atoms with E-state index >= 15 is 0 Å². The number of carboxylic acid groups (broad SMARTS) is 1. The fraction of sp³-hybridized carbons (Fsp3) is 0.346. The van der Waals surface area contributed by atoms with Crippen LogP contribution in [0.3, 0.4) is 0 Å². The molecular formula is C26H26F7N5O2. The first-order valence-corrected chi connectivity index (χ1v) is 11.9. The molecule has 14 heteroatoms. The standard InChI is InChI=1S/C16H17FN4O2.C10H9F6N/c1-20-6-8-21(9-7-20)16-18-10-12(15(22)23)14(19-16)11-4-2-3-5-13(11)17;1-17-5-6-2-7(9(11,12)13)4-8(3-6)10(14,15)16/h2-5,10H,6-9H2,1H3,(H,22,23);2-4,17H,5H2,1H3. The molecule has 1 aliphatic rings. The van der Waals surface area contributed by atoms with E-state index in [4.69, 9.17) is 0 Å². The maximum absolute atomic E-state index is 14.1. The molecule has 0 amide bonds. The number of carboxylic acids is 1. The Morgan fingerprint density at radius 2 is 1.55 bits per heavy atom. The van der Waals surface area contributed by atoms with Gasteiger partial charge < -0.3 is 20.2 Å². The van der Waals surface area contributed by atoms with E-state index < -0.39 is 35.3 Å². The number of alkyl halides is 6. The van der Waals surface area contributed by atoms with Crippen LogP contribution >= 0.6 is 0 Å². The third-order valence-electron chi connectivity index (χ3n) is 5.95. The SMILES string of the molecule is CN1CCN(c2ncc(C(=O)O)c(-c3ccccc3F)n2)CC1.CNCc1cc(C(F)(F)F)cc(C(F)(F)F)c1. The van der Waals surface area contributed by atoms with Gasteiger partial charge >= 0.3 is 18.3 Å². The maximum atomic E-state index is 14.1. The van der Waals surface area contributed by atoms with E-state index in [2.05, 4.69) is 20.2 Å². The van der Waals surface area contributed by atoms with Crippen molar-refractivity contribution in [2.75, 3.05) is 45.2 Å². The third-order valence-corrected chi connectivity index (χ3v) is 5.95. The summed E-state index contributed by atoms with van der Waals surface area (Å²) < 4.78 is 88.4. The largest absolute Gasteiger partial charge is 0.478 e. The fourth-order valence-electron chi connectivity index (χ4n) is 3.87. The third kappa shape index (κ3) is 7.88. The number of aromatic nitrogens is 2. The predicted octanol–water partition coefficient (Wildman–Crippen LogP) is 5.18. The van der Waals surface area contributed by atoms with Crippen molar-refractivity contribution in [3.8, 4) is 11.3 Å². The van der Waals surface area contributed by atoms with Gasteiger partial charge in [-0.25, -0.2) is 19.2 Å². The van der Waals surface area contributed by atoms with Gasteiger partial charge in [-0.3, -0.25) is 0 Å². The molecule has 2 aromatic carbocycles. The lowest BCUT2D eigenvalue weighted by atomic mass is 10.0. The van der Waals surface area contributed by atoms with E-state index in [9.17, 15) is 40.6 Å². The molecule has 216 valence electrons. The summed E-state index contributed by atoms with van der Waals surface area (Å²) in [5.41, 5.74) is -2.47. The van der Waals surface area contributed by atoms with Crippen LogP contribution in [0.25, 0.3) is 11.3 Å². The minimum Gasteiger partial charge on any atom is -0.478 e. The van der Waals surface area contributed by atoms with E-state index in [0.29, 0.717) is 18.1 Å². The monoisotopic (exact) mass is 573 g/mol. The number of aromatic carboxylic acids is 1. The fourth-order valence-corrected chi connectivity index (χ4v) is 3.87. The van der Waals surface area contributed by atoms with Gasteiger partial charge in [-0.05, 0) is 50.0 Å². The normalized spacial score (nSPS) is 14.5. The second-order valence-electron chi connectivity index (χ2n) is 8.95. The summed E-state index contributed by atoms with van der Waals surface area (Å²) in [6.07, 6.45) is -8.32. The number of nitrogens with zero attached hydrogens (tertiary/aromatic N) is 4. The van der Waals surface area contributed by atoms with E-state index in [0.717, 1.165) is 26.2 Å². The highest BCUT2D eigenvalue weighted by Crippen LogP contribution is 2.36. The van der Waals surface area contributed by atoms with Crippen LogP contribution in [-0.2, 0) is 18.9 Å². The highest BCUT2D eigenvalue weighted by Gasteiger charge is 2.36. The molecule has 1 saturated heterocycles. The summed E-state index contributed by atoms with van der Waals surface area (Å²) >= 11 is 0. The molecule has 1 aliphatic heterocycles. The van der Waals surface area contributed by atoms with Gasteiger partial charge in [0.15, 0.2) is 0 Å². The Labute approximate surface area is 225 Å². The van der Waals surface area contributed by atoms with E-state index in [1.165, 1.54) is 25.4 Å². The first kappa shape index (κ1) is 30.8. The summed E-state index contributed by atoms with van der Waals surface area (Å²) in [4.78, 5) is 24.1. The highest BCUT2D eigenvalue weighted by molar-refractivity contribution is 5.94. The molecule has 0 aliphatic carbocycles. The highest BCUT2D eigenvalue weighted by atomic mass is 19.4. The number of hydrogen-bond acceptors (Lipinski definition) is 6. The molecule has 4 rings (SSSR count). The molecule has 40 heavy (non-hydrogen) atoms. The van der Waals surface area contributed by atoms with Crippen molar-refractivity contribution in [2.45, 2.75) is 18.9 Å². The van der Waals surface area contributed by atoms with Crippen molar-refractivity contribution in [2.24, 2.45) is 0 Å². The zero-order valence-electron chi connectivity index (χ0n) is 21.4. The summed E-state index contributed by atoms with van der Waals surface area (Å²) in [6.45, 7) is 3.18. The van der Waals surface area contributed by atoms with Crippen LogP contribution in [0.5, 0.6) is 0 Å². The Morgan fingerprint density at radius 1 is 0.975 bits per heavy atom. The Morgan fingerprint density at radius 3 is 2.05 bits per heavy atom. The summed E-state index contributed by atoms with van der Waals surface area (Å²) in [5, 5.41) is 11.8. The molecule has 0 atom stereocenters. The zero-order valence-corrected chi connectivity index (χ0v) is 21.4. The van der Waals surface area contributed by atoms with Crippen LogP contribution in [0, 0.1) is 5.82 Å². The number of benzene rings is 2. The van der Waals surface area contributed by atoms with Crippen molar-refractivity contribution in [3.63, 3.8) is 0 Å². The first-order valence-electron chi connectivity index (χ1n) is 11.9. The average molecular weight is 574 g/mol. The van der Waals surface area contributed by atoms with Gasteiger partial charge in [0.25, 0.3) is 0 Å². The summed E-state index contributed by atoms with van der Waals surface area (Å²) in [7, 11) is 3.48. The molecule has 3 aromatic rings. The molecular weight excluding hydrogens is 547 g/mol. The number of piperazine rings is 1.